The lowest BCUT2D eigenvalue weighted by Gasteiger charge is -2.20. The third-order valence-electron chi connectivity index (χ3n) is 6.52. The molecule has 0 aliphatic heterocycles. The Kier molecular flexibility index (Phi) is 3.96. The topological polar surface area (TPSA) is 38.0 Å². The van der Waals surface area contributed by atoms with Gasteiger partial charge in [-0.3, -0.25) is 0 Å². The van der Waals surface area contributed by atoms with Crippen molar-refractivity contribution in [3.63, 3.8) is 0 Å². The first-order valence-corrected chi connectivity index (χ1v) is 11.0. The molecular weight excluding hydrogens is 392 g/mol. The van der Waals surface area contributed by atoms with Crippen LogP contribution in [-0.4, -0.2) is 14.7 Å². The SMILES string of the molecule is Cn1c2ccccc2c2cc(C(C)(C)O)nc(-c3c4ccccc4cc4ccccc34)c21. The number of rotatable bonds is 2. The van der Waals surface area contributed by atoms with Gasteiger partial charge in [-0.25, -0.2) is 4.98 Å². The Balaban J connectivity index is 1.90. The van der Waals surface area contributed by atoms with Crippen LogP contribution in [0.3, 0.4) is 0 Å². The van der Waals surface area contributed by atoms with Gasteiger partial charge in [0.2, 0.25) is 0 Å². The first-order chi connectivity index (χ1) is 15.4. The maximum Gasteiger partial charge on any atom is 0.101 e. The number of aryl methyl sites for hydroxylation is 1. The molecule has 0 aliphatic carbocycles. The van der Waals surface area contributed by atoms with Gasteiger partial charge in [0.1, 0.15) is 5.60 Å². The first-order valence-electron chi connectivity index (χ1n) is 11.0. The second-order valence-corrected chi connectivity index (χ2v) is 9.08. The number of fused-ring (bicyclic) bond motifs is 5. The lowest BCUT2D eigenvalue weighted by atomic mass is 9.92. The van der Waals surface area contributed by atoms with Crippen LogP contribution in [-0.2, 0) is 12.6 Å². The monoisotopic (exact) mass is 416 g/mol. The van der Waals surface area contributed by atoms with Gasteiger partial charge >= 0.3 is 0 Å². The summed E-state index contributed by atoms with van der Waals surface area (Å²) in [6.07, 6.45) is 0. The Morgan fingerprint density at radius 1 is 0.719 bits per heavy atom. The highest BCUT2D eigenvalue weighted by atomic mass is 16.3. The van der Waals surface area contributed by atoms with Gasteiger partial charge in [0.05, 0.1) is 16.9 Å². The van der Waals surface area contributed by atoms with E-state index < -0.39 is 5.60 Å². The molecule has 2 aromatic heterocycles. The number of aromatic nitrogens is 2. The highest BCUT2D eigenvalue weighted by Crippen LogP contribution is 2.42. The molecule has 6 aromatic rings. The van der Waals surface area contributed by atoms with Crippen molar-refractivity contribution in [2.75, 3.05) is 0 Å². The summed E-state index contributed by atoms with van der Waals surface area (Å²) in [6.45, 7) is 3.61. The first kappa shape index (κ1) is 19.0. The van der Waals surface area contributed by atoms with Crippen molar-refractivity contribution in [3.05, 3.63) is 90.6 Å². The van der Waals surface area contributed by atoms with E-state index in [9.17, 15) is 5.11 Å². The van der Waals surface area contributed by atoms with Crippen molar-refractivity contribution in [2.45, 2.75) is 19.4 Å². The van der Waals surface area contributed by atoms with Crippen LogP contribution in [0.2, 0.25) is 0 Å². The molecule has 2 heterocycles. The molecule has 156 valence electrons. The van der Waals surface area contributed by atoms with Crippen LogP contribution in [0, 0.1) is 0 Å². The Morgan fingerprint density at radius 2 is 1.28 bits per heavy atom. The van der Waals surface area contributed by atoms with Crippen LogP contribution in [0.5, 0.6) is 0 Å². The number of hydrogen-bond donors (Lipinski definition) is 1. The van der Waals surface area contributed by atoms with Crippen molar-refractivity contribution in [3.8, 4) is 11.3 Å². The van der Waals surface area contributed by atoms with E-state index in [1.807, 2.05) is 0 Å². The van der Waals surface area contributed by atoms with Crippen molar-refractivity contribution in [1.82, 2.24) is 9.55 Å². The minimum absolute atomic E-state index is 0.674. The van der Waals surface area contributed by atoms with Crippen LogP contribution in [0.15, 0.2) is 84.9 Å². The fourth-order valence-corrected chi connectivity index (χ4v) is 4.95. The van der Waals surface area contributed by atoms with Gasteiger partial charge in [-0.05, 0) is 53.6 Å². The Bertz CT molecular complexity index is 1610. The maximum atomic E-state index is 11.0. The van der Waals surface area contributed by atoms with E-state index in [1.165, 1.54) is 16.2 Å². The molecule has 0 radical (unpaired) electrons. The summed E-state index contributed by atoms with van der Waals surface area (Å²) in [5.74, 6) is 0. The molecule has 0 saturated carbocycles. The number of benzene rings is 4. The highest BCUT2D eigenvalue weighted by Gasteiger charge is 2.25. The Labute approximate surface area is 186 Å². The Hall–Kier alpha value is -3.69. The lowest BCUT2D eigenvalue weighted by Crippen LogP contribution is -2.18. The highest BCUT2D eigenvalue weighted by molar-refractivity contribution is 6.19. The number of para-hydroxylation sites is 1. The molecule has 0 bridgehead atoms. The summed E-state index contributed by atoms with van der Waals surface area (Å²) in [5.41, 5.74) is 3.88. The van der Waals surface area contributed by atoms with Crippen molar-refractivity contribution < 1.29 is 5.11 Å². The van der Waals surface area contributed by atoms with E-state index in [1.54, 1.807) is 13.8 Å². The second kappa shape index (κ2) is 6.65. The standard InChI is InChI=1S/C29H24N2O/c1-29(2,32)25-17-23-22-14-8-9-15-24(22)31(3)28(23)27(30-25)26-20-12-6-4-10-18(20)16-19-11-5-7-13-21(19)26/h4-17,32H,1-3H3. The summed E-state index contributed by atoms with van der Waals surface area (Å²) in [7, 11) is 2.10. The molecule has 3 nitrogen and oxygen atoms in total. The van der Waals surface area contributed by atoms with Crippen LogP contribution in [0.4, 0.5) is 0 Å². The molecule has 0 amide bonds. The van der Waals surface area contributed by atoms with Gasteiger partial charge in [-0.1, -0.05) is 66.7 Å². The fraction of sp³-hybridized carbons (Fsp3) is 0.138. The molecule has 0 unspecified atom stereocenters. The Morgan fingerprint density at radius 3 is 1.91 bits per heavy atom. The molecule has 0 spiro atoms. The molecule has 1 N–H and O–H groups in total. The molecular formula is C29H24N2O. The number of pyridine rings is 1. The maximum absolute atomic E-state index is 11.0. The average molecular weight is 417 g/mol. The number of aliphatic hydroxyl groups is 1. The lowest BCUT2D eigenvalue weighted by molar-refractivity contribution is 0.0741. The van der Waals surface area contributed by atoms with Crippen molar-refractivity contribution in [1.29, 1.82) is 0 Å². The van der Waals surface area contributed by atoms with E-state index in [-0.39, 0.29) is 0 Å². The minimum Gasteiger partial charge on any atom is -0.384 e. The molecule has 0 fully saturated rings. The zero-order valence-corrected chi connectivity index (χ0v) is 18.4. The smallest absolute Gasteiger partial charge is 0.101 e. The zero-order chi connectivity index (χ0) is 22.0. The van der Waals surface area contributed by atoms with Gasteiger partial charge in [0, 0.05) is 28.9 Å². The van der Waals surface area contributed by atoms with Crippen LogP contribution >= 0.6 is 0 Å². The average Bonchev–Trinajstić information content (AvgIpc) is 3.09. The van der Waals surface area contributed by atoms with Gasteiger partial charge in [-0.2, -0.15) is 0 Å². The predicted molar refractivity (Wildman–Crippen MR) is 134 cm³/mol. The summed E-state index contributed by atoms with van der Waals surface area (Å²) < 4.78 is 2.23. The number of hydrogen-bond acceptors (Lipinski definition) is 2. The molecule has 4 aromatic carbocycles. The predicted octanol–water partition coefficient (Wildman–Crippen LogP) is 6.93. The number of nitrogens with zero attached hydrogens (tertiary/aromatic N) is 2. The van der Waals surface area contributed by atoms with Gasteiger partial charge in [0.25, 0.3) is 0 Å². The van der Waals surface area contributed by atoms with E-state index in [0.717, 1.165) is 38.4 Å². The van der Waals surface area contributed by atoms with E-state index >= 15 is 0 Å². The zero-order valence-electron chi connectivity index (χ0n) is 18.4. The second-order valence-electron chi connectivity index (χ2n) is 9.08. The summed E-state index contributed by atoms with van der Waals surface area (Å²) in [5, 5.41) is 17.9. The van der Waals surface area contributed by atoms with Crippen molar-refractivity contribution in [2.24, 2.45) is 7.05 Å². The van der Waals surface area contributed by atoms with Crippen LogP contribution < -0.4 is 0 Å². The summed E-state index contributed by atoms with van der Waals surface area (Å²) >= 11 is 0. The normalized spacial score (nSPS) is 12.4. The molecule has 6 rings (SSSR count). The van der Waals surface area contributed by atoms with E-state index in [2.05, 4.69) is 96.5 Å². The van der Waals surface area contributed by atoms with Gasteiger partial charge in [-0.15, -0.1) is 0 Å². The van der Waals surface area contributed by atoms with E-state index in [0.29, 0.717) is 5.69 Å². The summed E-state index contributed by atoms with van der Waals surface area (Å²) in [4.78, 5) is 5.13. The van der Waals surface area contributed by atoms with Crippen LogP contribution in [0.25, 0.3) is 54.6 Å². The third-order valence-corrected chi connectivity index (χ3v) is 6.52. The minimum atomic E-state index is -1.06. The quantitative estimate of drug-likeness (QED) is 0.311. The third kappa shape index (κ3) is 2.68. The van der Waals surface area contributed by atoms with Gasteiger partial charge in [0.15, 0.2) is 0 Å². The van der Waals surface area contributed by atoms with Gasteiger partial charge < -0.3 is 9.67 Å². The molecule has 0 aliphatic rings. The van der Waals surface area contributed by atoms with Crippen LogP contribution in [0.1, 0.15) is 19.5 Å². The van der Waals surface area contributed by atoms with Crippen molar-refractivity contribution >= 4 is 43.4 Å². The molecule has 0 atom stereocenters. The fourth-order valence-electron chi connectivity index (χ4n) is 4.95. The molecule has 0 saturated heterocycles. The van der Waals surface area contributed by atoms with E-state index in [4.69, 9.17) is 4.98 Å². The largest absolute Gasteiger partial charge is 0.384 e. The molecule has 3 heteroatoms. The summed E-state index contributed by atoms with van der Waals surface area (Å²) in [6, 6.07) is 29.7. The molecule has 32 heavy (non-hydrogen) atoms.